The number of benzene rings is 2. The van der Waals surface area contributed by atoms with Gasteiger partial charge in [-0.05, 0) is 41.8 Å². The Morgan fingerprint density at radius 2 is 1.66 bits per heavy atom. The van der Waals surface area contributed by atoms with E-state index in [1.807, 2.05) is 45.3 Å². The van der Waals surface area contributed by atoms with E-state index in [4.69, 9.17) is 9.47 Å². The lowest BCUT2D eigenvalue weighted by Crippen LogP contribution is -3.06. The lowest BCUT2D eigenvalue weighted by Gasteiger charge is -2.28. The third kappa shape index (κ3) is 4.94. The number of ketones is 1. The molecule has 2 aromatic carbocycles. The SMILES string of the molecule is CCCOc1ccc(C2C(=C([O-])c3ccc(OC)cc3)C(=O)C(=O)N2CC[NH+](C)C)cc1. The summed E-state index contributed by atoms with van der Waals surface area (Å²) in [5.74, 6) is -0.508. The first kappa shape index (κ1) is 23.3. The molecule has 0 bridgehead atoms. The number of quaternary nitrogens is 1. The van der Waals surface area contributed by atoms with Gasteiger partial charge >= 0.3 is 0 Å². The first-order valence-corrected chi connectivity index (χ1v) is 10.8. The highest BCUT2D eigenvalue weighted by atomic mass is 16.5. The van der Waals surface area contributed by atoms with Crippen molar-refractivity contribution in [3.8, 4) is 11.5 Å². The Morgan fingerprint density at radius 1 is 1.03 bits per heavy atom. The summed E-state index contributed by atoms with van der Waals surface area (Å²) in [6, 6.07) is 13.1. The minimum atomic E-state index is -0.740. The van der Waals surface area contributed by atoms with Crippen LogP contribution in [0, 0.1) is 0 Å². The van der Waals surface area contributed by atoms with Gasteiger partial charge in [-0.2, -0.15) is 0 Å². The van der Waals surface area contributed by atoms with E-state index >= 15 is 0 Å². The average molecular weight is 439 g/mol. The van der Waals surface area contributed by atoms with Gasteiger partial charge in [0.25, 0.3) is 5.91 Å². The minimum absolute atomic E-state index is 0.0175. The van der Waals surface area contributed by atoms with Gasteiger partial charge in [0.2, 0.25) is 5.78 Å². The largest absolute Gasteiger partial charge is 0.872 e. The van der Waals surface area contributed by atoms with Crippen LogP contribution >= 0.6 is 0 Å². The van der Waals surface area contributed by atoms with E-state index in [1.165, 1.54) is 4.90 Å². The molecule has 1 unspecified atom stereocenters. The molecular formula is C25H30N2O5. The highest BCUT2D eigenvalue weighted by Gasteiger charge is 2.44. The minimum Gasteiger partial charge on any atom is -0.872 e. The van der Waals surface area contributed by atoms with E-state index in [1.54, 1.807) is 31.4 Å². The van der Waals surface area contributed by atoms with Crippen molar-refractivity contribution < 1.29 is 29.1 Å². The molecule has 1 aliphatic heterocycles. The van der Waals surface area contributed by atoms with Crippen molar-refractivity contribution in [2.45, 2.75) is 19.4 Å². The number of carbonyl (C=O) groups is 2. The smallest absolute Gasteiger partial charge is 0.295 e. The molecule has 3 rings (SSSR count). The molecule has 0 aromatic heterocycles. The van der Waals surface area contributed by atoms with Crippen LogP contribution in [0.3, 0.4) is 0 Å². The molecule has 0 aliphatic carbocycles. The molecule has 1 heterocycles. The second-order valence-corrected chi connectivity index (χ2v) is 8.08. The predicted molar refractivity (Wildman–Crippen MR) is 119 cm³/mol. The van der Waals surface area contributed by atoms with Crippen LogP contribution in [0.4, 0.5) is 0 Å². The van der Waals surface area contributed by atoms with Gasteiger partial charge in [0.05, 0.1) is 46.9 Å². The molecule has 0 radical (unpaired) electrons. The topological polar surface area (TPSA) is 83.3 Å². The lowest BCUT2D eigenvalue weighted by atomic mass is 9.95. The monoisotopic (exact) mass is 438 g/mol. The van der Waals surface area contributed by atoms with Crippen LogP contribution in [0.1, 0.15) is 30.5 Å². The zero-order valence-electron chi connectivity index (χ0n) is 19.0. The quantitative estimate of drug-likeness (QED) is 0.357. The molecule has 1 fully saturated rings. The maximum absolute atomic E-state index is 13.4. The summed E-state index contributed by atoms with van der Waals surface area (Å²) in [6.07, 6.45) is 0.891. The highest BCUT2D eigenvalue weighted by Crippen LogP contribution is 2.39. The number of likely N-dealkylation sites (tertiary alicyclic amines) is 1. The number of Topliss-reactive ketones (excluding diaryl/α,β-unsaturated/α-hetero) is 1. The maximum Gasteiger partial charge on any atom is 0.295 e. The van der Waals surface area contributed by atoms with Crippen LogP contribution in [-0.2, 0) is 9.59 Å². The van der Waals surface area contributed by atoms with Crippen LogP contribution < -0.4 is 19.5 Å². The van der Waals surface area contributed by atoms with Crippen LogP contribution in [0.15, 0.2) is 54.1 Å². The Kier molecular flexibility index (Phi) is 7.53. The summed E-state index contributed by atoms with van der Waals surface area (Å²) < 4.78 is 10.8. The predicted octanol–water partition coefficient (Wildman–Crippen LogP) is 0.853. The first-order chi connectivity index (χ1) is 15.4. The van der Waals surface area contributed by atoms with Crippen molar-refractivity contribution in [2.75, 3.05) is 40.9 Å². The van der Waals surface area contributed by atoms with Gasteiger partial charge in [-0.1, -0.05) is 36.9 Å². The number of hydrogen-bond donors (Lipinski definition) is 1. The van der Waals surface area contributed by atoms with Gasteiger partial charge in [0.1, 0.15) is 11.5 Å². The summed E-state index contributed by atoms with van der Waals surface area (Å²) in [7, 11) is 5.49. The zero-order chi connectivity index (χ0) is 23.3. The summed E-state index contributed by atoms with van der Waals surface area (Å²) in [4.78, 5) is 28.5. The molecule has 7 heteroatoms. The van der Waals surface area contributed by atoms with Crippen molar-refractivity contribution >= 4 is 17.4 Å². The molecule has 1 saturated heterocycles. The first-order valence-electron chi connectivity index (χ1n) is 10.8. The molecule has 1 atom stereocenters. The summed E-state index contributed by atoms with van der Waals surface area (Å²) >= 11 is 0. The Hall–Kier alpha value is -3.32. The average Bonchev–Trinajstić information content (AvgIpc) is 3.06. The van der Waals surface area contributed by atoms with Crippen LogP contribution in [0.2, 0.25) is 0 Å². The molecule has 2 aromatic rings. The van der Waals surface area contributed by atoms with Crippen molar-refractivity contribution in [2.24, 2.45) is 0 Å². The van der Waals surface area contributed by atoms with Crippen LogP contribution in [-0.4, -0.2) is 57.5 Å². The summed E-state index contributed by atoms with van der Waals surface area (Å²) in [5, 5.41) is 13.4. The van der Waals surface area contributed by atoms with Crippen molar-refractivity contribution in [1.82, 2.24) is 4.90 Å². The third-order valence-corrected chi connectivity index (χ3v) is 5.40. The van der Waals surface area contributed by atoms with E-state index in [0.717, 1.165) is 11.3 Å². The fourth-order valence-corrected chi connectivity index (χ4v) is 3.66. The number of methoxy groups -OCH3 is 1. The number of rotatable bonds is 9. The Morgan fingerprint density at radius 3 is 2.22 bits per heavy atom. The van der Waals surface area contributed by atoms with Crippen LogP contribution in [0.25, 0.3) is 5.76 Å². The molecule has 0 spiro atoms. The molecule has 0 saturated carbocycles. The van der Waals surface area contributed by atoms with Gasteiger partial charge in [-0.25, -0.2) is 0 Å². The number of likely N-dealkylation sites (N-methyl/N-ethyl adjacent to an activating group) is 1. The number of carbonyl (C=O) groups excluding carboxylic acids is 2. The Balaban J connectivity index is 2.05. The van der Waals surface area contributed by atoms with Crippen LogP contribution in [0.5, 0.6) is 11.5 Å². The van der Waals surface area contributed by atoms with E-state index in [-0.39, 0.29) is 5.57 Å². The van der Waals surface area contributed by atoms with E-state index in [9.17, 15) is 14.7 Å². The zero-order valence-corrected chi connectivity index (χ0v) is 19.0. The van der Waals surface area contributed by atoms with Gasteiger partial charge in [0.15, 0.2) is 0 Å². The molecule has 1 N–H and O–H groups in total. The standard InChI is InChI=1S/C25H30N2O5/c1-5-16-32-20-12-6-17(7-13-20)22-21(23(28)18-8-10-19(31-4)11-9-18)24(29)25(30)27(22)15-14-26(2)3/h6-13,22,28H,5,14-16H2,1-4H3. The number of ether oxygens (including phenoxy) is 2. The molecule has 1 aliphatic rings. The fourth-order valence-electron chi connectivity index (χ4n) is 3.66. The number of nitrogens with zero attached hydrogens (tertiary/aromatic N) is 1. The van der Waals surface area contributed by atoms with Crippen molar-refractivity contribution in [1.29, 1.82) is 0 Å². The van der Waals surface area contributed by atoms with Gasteiger partial charge < -0.3 is 24.4 Å². The number of nitrogens with one attached hydrogen (secondary N) is 1. The number of hydrogen-bond acceptors (Lipinski definition) is 5. The highest BCUT2D eigenvalue weighted by molar-refractivity contribution is 6.46. The van der Waals surface area contributed by atoms with E-state index in [0.29, 0.717) is 42.3 Å². The molecular weight excluding hydrogens is 408 g/mol. The maximum atomic E-state index is 13.4. The lowest BCUT2D eigenvalue weighted by molar-refractivity contribution is -0.857. The summed E-state index contributed by atoms with van der Waals surface area (Å²) in [6.45, 7) is 3.65. The fraction of sp³-hybridized carbons (Fsp3) is 0.360. The van der Waals surface area contributed by atoms with Gasteiger partial charge in [-0.15, -0.1) is 0 Å². The second kappa shape index (κ2) is 10.3. The molecule has 170 valence electrons. The normalized spacial score (nSPS) is 17.8. The molecule has 7 nitrogen and oxygen atoms in total. The van der Waals surface area contributed by atoms with E-state index in [2.05, 4.69) is 0 Å². The van der Waals surface area contributed by atoms with Gasteiger partial charge in [0, 0.05) is 5.57 Å². The van der Waals surface area contributed by atoms with Gasteiger partial charge in [-0.3, -0.25) is 9.59 Å². The second-order valence-electron chi connectivity index (χ2n) is 8.08. The van der Waals surface area contributed by atoms with Crippen molar-refractivity contribution in [3.05, 3.63) is 65.2 Å². The number of amides is 1. The Bertz CT molecular complexity index is 980. The Labute approximate surface area is 188 Å². The van der Waals surface area contributed by atoms with E-state index < -0.39 is 23.5 Å². The van der Waals surface area contributed by atoms with Crippen molar-refractivity contribution in [3.63, 3.8) is 0 Å². The molecule has 1 amide bonds. The third-order valence-electron chi connectivity index (χ3n) is 5.40. The molecule has 32 heavy (non-hydrogen) atoms. The summed E-state index contributed by atoms with van der Waals surface area (Å²) in [5.41, 5.74) is 1.03.